The first-order valence-corrected chi connectivity index (χ1v) is 10.5. The lowest BCUT2D eigenvalue weighted by molar-refractivity contribution is 0.311. The molecule has 2 aromatic rings. The summed E-state index contributed by atoms with van der Waals surface area (Å²) in [7, 11) is 4.04. The average molecular weight is 409 g/mol. The summed E-state index contributed by atoms with van der Waals surface area (Å²) in [6.07, 6.45) is 0.553. The zero-order valence-electron chi connectivity index (χ0n) is 16.6. The third-order valence-electron chi connectivity index (χ3n) is 4.61. The minimum atomic E-state index is -0.275. The van der Waals surface area contributed by atoms with Crippen molar-refractivity contribution >= 4 is 29.3 Å². The van der Waals surface area contributed by atoms with Gasteiger partial charge in [-0.2, -0.15) is 0 Å². The van der Waals surface area contributed by atoms with E-state index in [4.69, 9.17) is 17.2 Å². The summed E-state index contributed by atoms with van der Waals surface area (Å²) < 4.78 is 3.44. The fourth-order valence-corrected chi connectivity index (χ4v) is 4.40. The summed E-state index contributed by atoms with van der Waals surface area (Å²) in [5.41, 5.74) is 0.599. The Balaban J connectivity index is 2.55. The molecule has 0 fully saturated rings. The third kappa shape index (κ3) is 4.39. The Hall–Kier alpha value is -1.77. The molecular weight excluding hydrogens is 380 g/mol. The van der Waals surface area contributed by atoms with Crippen molar-refractivity contribution in [2.45, 2.75) is 46.3 Å². The van der Waals surface area contributed by atoms with E-state index in [1.165, 1.54) is 9.44 Å². The number of likely N-dealkylation sites (N-methyl/N-ethyl adjacent to an activating group) is 1. The van der Waals surface area contributed by atoms with Crippen molar-refractivity contribution in [3.05, 3.63) is 43.1 Å². The summed E-state index contributed by atoms with van der Waals surface area (Å²) in [4.78, 5) is 21.0. The van der Waals surface area contributed by atoms with Crippen LogP contribution in [0.4, 0.5) is 0 Å². The molecule has 6 nitrogen and oxygen atoms in total. The summed E-state index contributed by atoms with van der Waals surface area (Å²) in [5, 5.41) is 12.8. The fraction of sp³-hybridized carbons (Fsp3) is 0.526. The predicted octanol–water partition coefficient (Wildman–Crippen LogP) is 3.69. The standard InChI is InChI=1S/C19H28N4O2S2/c1-6-13(20-12-14(21(4)5)15-10-9-11-27-15)16-17(24)22(7-2)19(26)23(8-3)18(16)25/h9-11,14,24H,6-8,12H2,1-5H3. The normalized spacial score (nSPS) is 13.3. The van der Waals surface area contributed by atoms with Crippen molar-refractivity contribution in [3.8, 4) is 5.88 Å². The van der Waals surface area contributed by atoms with Gasteiger partial charge in [0.2, 0.25) is 5.88 Å². The molecule has 2 rings (SSSR count). The topological polar surface area (TPSA) is 62.8 Å². The molecule has 0 radical (unpaired) electrons. The van der Waals surface area contributed by atoms with E-state index in [-0.39, 0.29) is 23.0 Å². The van der Waals surface area contributed by atoms with Crippen molar-refractivity contribution in [2.75, 3.05) is 20.6 Å². The highest BCUT2D eigenvalue weighted by molar-refractivity contribution is 7.71. The maximum Gasteiger partial charge on any atom is 0.267 e. The Morgan fingerprint density at radius 3 is 2.44 bits per heavy atom. The summed E-state index contributed by atoms with van der Waals surface area (Å²) in [5.74, 6) is -0.0877. The summed E-state index contributed by atoms with van der Waals surface area (Å²) >= 11 is 7.05. The number of thiophene rings is 1. The van der Waals surface area contributed by atoms with E-state index >= 15 is 0 Å². The second-order valence-corrected chi connectivity index (χ2v) is 7.76. The maximum atomic E-state index is 13.0. The van der Waals surface area contributed by atoms with Gasteiger partial charge < -0.3 is 10.0 Å². The van der Waals surface area contributed by atoms with Gasteiger partial charge in [0.05, 0.1) is 18.3 Å². The lowest BCUT2D eigenvalue weighted by Gasteiger charge is -2.22. The second-order valence-electron chi connectivity index (χ2n) is 6.41. The van der Waals surface area contributed by atoms with Crippen molar-refractivity contribution in [2.24, 2.45) is 4.99 Å². The van der Waals surface area contributed by atoms with Crippen molar-refractivity contribution in [3.63, 3.8) is 0 Å². The molecule has 1 atom stereocenters. The summed E-state index contributed by atoms with van der Waals surface area (Å²) in [6, 6.07) is 4.24. The molecule has 0 amide bonds. The molecule has 0 spiro atoms. The van der Waals surface area contributed by atoms with Crippen LogP contribution in [0.15, 0.2) is 27.3 Å². The van der Waals surface area contributed by atoms with Crippen molar-refractivity contribution in [1.29, 1.82) is 0 Å². The molecule has 1 N–H and O–H groups in total. The molecule has 0 bridgehead atoms. The van der Waals surface area contributed by atoms with Gasteiger partial charge in [0.1, 0.15) is 5.56 Å². The van der Waals surface area contributed by atoms with Crippen LogP contribution in [0.2, 0.25) is 0 Å². The van der Waals surface area contributed by atoms with Crippen LogP contribution >= 0.6 is 23.6 Å². The highest BCUT2D eigenvalue weighted by Crippen LogP contribution is 2.24. The smallest absolute Gasteiger partial charge is 0.267 e. The van der Waals surface area contributed by atoms with E-state index in [1.807, 2.05) is 40.9 Å². The summed E-state index contributed by atoms with van der Waals surface area (Å²) in [6.45, 7) is 7.18. The van der Waals surface area contributed by atoms with Gasteiger partial charge in [-0.3, -0.25) is 18.9 Å². The van der Waals surface area contributed by atoms with Crippen LogP contribution in [0, 0.1) is 4.77 Å². The molecule has 0 saturated carbocycles. The fourth-order valence-electron chi connectivity index (χ4n) is 3.06. The van der Waals surface area contributed by atoms with E-state index in [0.29, 0.717) is 36.5 Å². The average Bonchev–Trinajstić information content (AvgIpc) is 3.15. The Kier molecular flexibility index (Phi) is 7.52. The molecule has 0 aliphatic rings. The molecule has 0 aromatic carbocycles. The van der Waals surface area contributed by atoms with Gasteiger partial charge in [0, 0.05) is 18.0 Å². The Bertz CT molecular complexity index is 911. The molecule has 27 heavy (non-hydrogen) atoms. The van der Waals surface area contributed by atoms with Gasteiger partial charge in [0.15, 0.2) is 4.77 Å². The molecule has 0 aliphatic heterocycles. The number of hydrogen-bond acceptors (Lipinski definition) is 6. The van der Waals surface area contributed by atoms with Gasteiger partial charge in [-0.05, 0) is 58.0 Å². The van der Waals surface area contributed by atoms with E-state index in [9.17, 15) is 9.90 Å². The lowest BCUT2D eigenvalue weighted by Crippen LogP contribution is -2.31. The zero-order chi connectivity index (χ0) is 20.1. The minimum absolute atomic E-state index is 0.0877. The SMILES string of the molecule is CCC(=NCC(c1cccs1)N(C)C)c1c(O)n(CC)c(=S)n(CC)c1=O. The Morgan fingerprint density at radius 1 is 1.30 bits per heavy atom. The van der Waals surface area contributed by atoms with Gasteiger partial charge in [-0.1, -0.05) is 13.0 Å². The first-order valence-electron chi connectivity index (χ1n) is 9.17. The van der Waals surface area contributed by atoms with E-state index < -0.39 is 0 Å². The van der Waals surface area contributed by atoms with Crippen LogP contribution in [0.25, 0.3) is 0 Å². The van der Waals surface area contributed by atoms with E-state index in [0.717, 1.165) is 0 Å². The second kappa shape index (κ2) is 9.43. The number of nitrogens with zero attached hydrogens (tertiary/aromatic N) is 4. The first-order chi connectivity index (χ1) is 12.9. The maximum absolute atomic E-state index is 13.0. The van der Waals surface area contributed by atoms with Crippen LogP contribution in [0.5, 0.6) is 5.88 Å². The molecule has 148 valence electrons. The van der Waals surface area contributed by atoms with Gasteiger partial charge in [-0.25, -0.2) is 0 Å². The molecule has 8 heteroatoms. The van der Waals surface area contributed by atoms with Crippen molar-refractivity contribution in [1.82, 2.24) is 14.0 Å². The molecule has 0 saturated heterocycles. The number of rotatable bonds is 8. The number of aliphatic imine (C=N–C) groups is 1. The molecule has 0 aliphatic carbocycles. The van der Waals surface area contributed by atoms with E-state index in [1.54, 1.807) is 15.9 Å². The third-order valence-corrected chi connectivity index (χ3v) is 6.02. The molecule has 2 aromatic heterocycles. The van der Waals surface area contributed by atoms with E-state index in [2.05, 4.69) is 16.3 Å². The van der Waals surface area contributed by atoms with Crippen LogP contribution in [0.1, 0.15) is 43.7 Å². The van der Waals surface area contributed by atoms with Crippen LogP contribution in [0.3, 0.4) is 0 Å². The molecule has 1 unspecified atom stereocenters. The predicted molar refractivity (Wildman–Crippen MR) is 115 cm³/mol. The van der Waals surface area contributed by atoms with Crippen LogP contribution < -0.4 is 5.56 Å². The lowest BCUT2D eigenvalue weighted by atomic mass is 10.1. The molecule has 2 heterocycles. The van der Waals surface area contributed by atoms with Crippen molar-refractivity contribution < 1.29 is 5.11 Å². The first kappa shape index (κ1) is 21.5. The molecular formula is C19H28N4O2S2. The quantitative estimate of drug-likeness (QED) is 0.534. The number of hydrogen-bond donors (Lipinski definition) is 1. The van der Waals surface area contributed by atoms with Crippen LogP contribution in [-0.4, -0.2) is 45.5 Å². The Labute approximate surface area is 169 Å². The van der Waals surface area contributed by atoms with Gasteiger partial charge in [0.25, 0.3) is 5.56 Å². The number of aromatic hydroxyl groups is 1. The zero-order valence-corrected chi connectivity index (χ0v) is 18.2. The Morgan fingerprint density at radius 2 is 1.96 bits per heavy atom. The van der Waals surface area contributed by atoms with Crippen LogP contribution in [-0.2, 0) is 13.1 Å². The largest absolute Gasteiger partial charge is 0.494 e. The van der Waals surface area contributed by atoms with Gasteiger partial charge >= 0.3 is 0 Å². The monoisotopic (exact) mass is 408 g/mol. The highest BCUT2D eigenvalue weighted by Gasteiger charge is 2.21. The minimum Gasteiger partial charge on any atom is -0.494 e. The highest BCUT2D eigenvalue weighted by atomic mass is 32.1. The number of aromatic nitrogens is 2. The van der Waals surface area contributed by atoms with Gasteiger partial charge in [-0.15, -0.1) is 11.3 Å².